The highest BCUT2D eigenvalue weighted by atomic mass is 16.2. The average Bonchev–Trinajstić information content (AvgIpc) is 2.90. The first kappa shape index (κ1) is 22.7. The van der Waals surface area contributed by atoms with E-state index in [1.165, 1.54) is 0 Å². The zero-order valence-corrected chi connectivity index (χ0v) is 19.5. The number of nitrogens with zero attached hydrogens (tertiary/aromatic N) is 3. The van der Waals surface area contributed by atoms with Crippen molar-refractivity contribution in [3.63, 3.8) is 0 Å². The largest absolute Gasteiger partial charge is 0.342 e. The van der Waals surface area contributed by atoms with E-state index in [4.69, 9.17) is 0 Å². The second kappa shape index (κ2) is 10.5. The van der Waals surface area contributed by atoms with E-state index in [-0.39, 0.29) is 23.7 Å². The molecule has 4 aromatic rings. The molecule has 6 heteroatoms. The van der Waals surface area contributed by atoms with E-state index in [1.807, 2.05) is 83.8 Å². The molecule has 6 nitrogen and oxygen atoms in total. The fourth-order valence-corrected chi connectivity index (χ4v) is 4.82. The van der Waals surface area contributed by atoms with Gasteiger partial charge in [0.15, 0.2) is 0 Å². The highest BCUT2D eigenvalue weighted by Gasteiger charge is 2.31. The van der Waals surface area contributed by atoms with Gasteiger partial charge in [-0.2, -0.15) is 0 Å². The number of rotatable bonds is 6. The molecule has 1 aromatic heterocycles. The van der Waals surface area contributed by atoms with Crippen LogP contribution in [0, 0.1) is 5.92 Å². The molecular weight excluding hydrogens is 436 g/mol. The summed E-state index contributed by atoms with van der Waals surface area (Å²) in [5, 5.41) is 2.99. The number of aromatic nitrogens is 2. The van der Waals surface area contributed by atoms with Crippen LogP contribution in [0.5, 0.6) is 0 Å². The molecule has 0 atom stereocenters. The summed E-state index contributed by atoms with van der Waals surface area (Å²) in [7, 11) is 0. The molecule has 1 N–H and O–H groups in total. The molecule has 5 rings (SSSR count). The van der Waals surface area contributed by atoms with E-state index in [0.717, 1.165) is 40.7 Å². The number of anilines is 1. The van der Waals surface area contributed by atoms with Crippen molar-refractivity contribution in [2.45, 2.75) is 25.2 Å². The molecule has 2 heterocycles. The van der Waals surface area contributed by atoms with E-state index < -0.39 is 0 Å². The Morgan fingerprint density at radius 1 is 0.829 bits per heavy atom. The van der Waals surface area contributed by atoms with E-state index in [0.29, 0.717) is 19.5 Å². The number of likely N-dealkylation sites (tertiary alicyclic amines) is 1. The van der Waals surface area contributed by atoms with Crippen molar-refractivity contribution < 1.29 is 9.59 Å². The highest BCUT2D eigenvalue weighted by molar-refractivity contribution is 5.93. The first-order valence-corrected chi connectivity index (χ1v) is 12.1. The van der Waals surface area contributed by atoms with Crippen LogP contribution in [0.25, 0.3) is 11.0 Å². The molecule has 1 aliphatic rings. The molecule has 0 unspecified atom stereocenters. The maximum Gasteiger partial charge on any atom is 0.234 e. The molecule has 0 spiro atoms. The lowest BCUT2D eigenvalue weighted by molar-refractivity contribution is -0.133. The van der Waals surface area contributed by atoms with Crippen molar-refractivity contribution >= 4 is 28.5 Å². The van der Waals surface area contributed by atoms with Crippen molar-refractivity contribution in [3.05, 3.63) is 102 Å². The van der Waals surface area contributed by atoms with Gasteiger partial charge in [0.25, 0.3) is 0 Å². The van der Waals surface area contributed by atoms with Crippen molar-refractivity contribution in [3.8, 4) is 0 Å². The van der Waals surface area contributed by atoms with E-state index in [1.54, 1.807) is 12.4 Å². The third-order valence-electron chi connectivity index (χ3n) is 6.67. The zero-order valence-electron chi connectivity index (χ0n) is 19.5. The number of benzene rings is 3. The van der Waals surface area contributed by atoms with Gasteiger partial charge in [-0.15, -0.1) is 0 Å². The van der Waals surface area contributed by atoms with Crippen LogP contribution in [0.1, 0.15) is 36.3 Å². The van der Waals surface area contributed by atoms with Crippen molar-refractivity contribution in [1.29, 1.82) is 0 Å². The number of nitrogens with one attached hydrogen (secondary N) is 1. The lowest BCUT2D eigenvalue weighted by Crippen LogP contribution is -2.42. The minimum atomic E-state index is -0.312. The molecule has 0 aliphatic carbocycles. The second-order valence-electron chi connectivity index (χ2n) is 9.04. The molecule has 1 fully saturated rings. The van der Waals surface area contributed by atoms with E-state index in [9.17, 15) is 9.59 Å². The Kier molecular flexibility index (Phi) is 6.80. The molecule has 1 aliphatic heterocycles. The number of hydrogen-bond acceptors (Lipinski definition) is 4. The maximum atomic E-state index is 13.6. The number of carbonyl (C=O) groups is 2. The Bertz CT molecular complexity index is 1260. The van der Waals surface area contributed by atoms with Gasteiger partial charge in [-0.25, -0.2) is 0 Å². The van der Waals surface area contributed by atoms with Gasteiger partial charge in [-0.05, 0) is 48.1 Å². The summed E-state index contributed by atoms with van der Waals surface area (Å²) in [6.45, 7) is 1.33. The van der Waals surface area contributed by atoms with Gasteiger partial charge in [0.1, 0.15) is 0 Å². The minimum absolute atomic E-state index is 0.00976. The number of carbonyl (C=O) groups excluding carboxylic acids is 2. The first-order chi connectivity index (χ1) is 17.2. The molecular formula is C29H28N4O2. The Morgan fingerprint density at radius 3 is 2.06 bits per heavy atom. The Balaban J connectivity index is 1.19. The third-order valence-corrected chi connectivity index (χ3v) is 6.67. The summed E-state index contributed by atoms with van der Waals surface area (Å²) >= 11 is 0. The monoisotopic (exact) mass is 464 g/mol. The highest BCUT2D eigenvalue weighted by Crippen LogP contribution is 2.30. The van der Waals surface area contributed by atoms with Gasteiger partial charge < -0.3 is 10.2 Å². The summed E-state index contributed by atoms with van der Waals surface area (Å²) in [5.74, 6) is 0.0616. The van der Waals surface area contributed by atoms with Crippen molar-refractivity contribution in [2.75, 3.05) is 18.4 Å². The van der Waals surface area contributed by atoms with Crippen LogP contribution in [-0.4, -0.2) is 39.8 Å². The van der Waals surface area contributed by atoms with Crippen molar-refractivity contribution in [1.82, 2.24) is 14.9 Å². The quantitative estimate of drug-likeness (QED) is 0.434. The van der Waals surface area contributed by atoms with Gasteiger partial charge in [0.2, 0.25) is 11.8 Å². The predicted molar refractivity (Wildman–Crippen MR) is 137 cm³/mol. The fraction of sp³-hybridized carbons (Fsp3) is 0.241. The summed E-state index contributed by atoms with van der Waals surface area (Å²) < 4.78 is 0. The summed E-state index contributed by atoms with van der Waals surface area (Å²) in [5.41, 5.74) is 4.29. The second-order valence-corrected chi connectivity index (χ2v) is 9.04. The van der Waals surface area contributed by atoms with Gasteiger partial charge in [-0.3, -0.25) is 19.6 Å². The lowest BCUT2D eigenvalue weighted by atomic mass is 9.88. The maximum absolute atomic E-state index is 13.6. The minimum Gasteiger partial charge on any atom is -0.342 e. The number of hydrogen-bond donors (Lipinski definition) is 1. The van der Waals surface area contributed by atoms with Gasteiger partial charge in [0.05, 0.1) is 17.0 Å². The number of amides is 2. The van der Waals surface area contributed by atoms with Gasteiger partial charge >= 0.3 is 0 Å². The molecule has 35 heavy (non-hydrogen) atoms. The van der Waals surface area contributed by atoms with E-state index in [2.05, 4.69) is 15.3 Å². The molecule has 0 radical (unpaired) electrons. The predicted octanol–water partition coefficient (Wildman–Crippen LogP) is 5.03. The first-order valence-electron chi connectivity index (χ1n) is 12.1. The Hall–Kier alpha value is -4.06. The zero-order chi connectivity index (χ0) is 24.0. The normalized spacial score (nSPS) is 14.3. The lowest BCUT2D eigenvalue weighted by Gasteiger charge is -2.34. The standard InChI is InChI=1S/C29H28N4O2/c34-27(32-24-11-12-25-26(20-24)31-16-15-30-25)19-21-13-17-33(18-14-21)29(35)28(22-7-3-1-4-8-22)23-9-5-2-6-10-23/h1-12,15-16,20-21,28H,13-14,17-19H2,(H,32,34). The topological polar surface area (TPSA) is 75.2 Å². The van der Waals surface area contributed by atoms with Crippen LogP contribution in [0.4, 0.5) is 5.69 Å². The Labute approximate surface area is 205 Å². The van der Waals surface area contributed by atoms with Crippen LogP contribution in [0.2, 0.25) is 0 Å². The summed E-state index contributed by atoms with van der Waals surface area (Å²) in [4.78, 5) is 36.8. The van der Waals surface area contributed by atoms with Crippen LogP contribution < -0.4 is 5.32 Å². The van der Waals surface area contributed by atoms with Crippen molar-refractivity contribution in [2.24, 2.45) is 5.92 Å². The molecule has 1 saturated heterocycles. The molecule has 2 amide bonds. The smallest absolute Gasteiger partial charge is 0.234 e. The van der Waals surface area contributed by atoms with Crippen LogP contribution >= 0.6 is 0 Å². The molecule has 176 valence electrons. The van der Waals surface area contributed by atoms with Gasteiger partial charge in [-0.1, -0.05) is 60.7 Å². The Morgan fingerprint density at radius 2 is 1.43 bits per heavy atom. The number of piperidine rings is 1. The van der Waals surface area contributed by atoms with Gasteiger partial charge in [0, 0.05) is 37.6 Å². The van der Waals surface area contributed by atoms with Crippen LogP contribution in [-0.2, 0) is 9.59 Å². The summed E-state index contributed by atoms with van der Waals surface area (Å²) in [6, 6.07) is 25.5. The average molecular weight is 465 g/mol. The number of fused-ring (bicyclic) bond motifs is 1. The van der Waals surface area contributed by atoms with E-state index >= 15 is 0 Å². The molecule has 0 bridgehead atoms. The van der Waals surface area contributed by atoms with Crippen LogP contribution in [0.3, 0.4) is 0 Å². The SMILES string of the molecule is O=C(CC1CCN(C(=O)C(c2ccccc2)c2ccccc2)CC1)Nc1ccc2nccnc2c1. The molecule has 3 aromatic carbocycles. The molecule has 0 saturated carbocycles. The summed E-state index contributed by atoms with van der Waals surface area (Å²) in [6.07, 6.45) is 5.38. The van der Waals surface area contributed by atoms with Crippen LogP contribution in [0.15, 0.2) is 91.3 Å². The fourth-order valence-electron chi connectivity index (χ4n) is 4.82. The third kappa shape index (κ3) is 5.38.